The molecule has 0 atom stereocenters. The molecular formula is C14H27N3O. The number of hydrogen-bond donors (Lipinski definition) is 1. The van der Waals surface area contributed by atoms with Gasteiger partial charge in [0.15, 0.2) is 5.75 Å². The van der Waals surface area contributed by atoms with Crippen molar-refractivity contribution in [1.82, 2.24) is 15.1 Å². The third-order valence-electron chi connectivity index (χ3n) is 2.56. The Morgan fingerprint density at radius 2 is 2.11 bits per heavy atom. The summed E-state index contributed by atoms with van der Waals surface area (Å²) in [5.74, 6) is 0.882. The number of ether oxygens (including phenoxy) is 1. The summed E-state index contributed by atoms with van der Waals surface area (Å²) in [7, 11) is 0. The monoisotopic (exact) mass is 253 g/mol. The molecular weight excluding hydrogens is 226 g/mol. The predicted molar refractivity (Wildman–Crippen MR) is 75.0 cm³/mol. The Kier molecular flexibility index (Phi) is 6.19. The van der Waals surface area contributed by atoms with Crippen LogP contribution in [0.15, 0.2) is 12.4 Å². The van der Waals surface area contributed by atoms with E-state index in [1.54, 1.807) is 6.20 Å². The fraction of sp³-hybridized carbons (Fsp3) is 0.786. The van der Waals surface area contributed by atoms with Gasteiger partial charge in [-0.25, -0.2) is 0 Å². The number of rotatable bonds is 8. The maximum absolute atomic E-state index is 5.65. The molecule has 0 unspecified atom stereocenters. The first-order valence-electron chi connectivity index (χ1n) is 6.91. The number of nitrogens with zero attached hydrogens (tertiary/aromatic N) is 2. The van der Waals surface area contributed by atoms with E-state index in [9.17, 15) is 0 Å². The van der Waals surface area contributed by atoms with E-state index in [1.807, 2.05) is 10.9 Å². The topological polar surface area (TPSA) is 39.1 Å². The Hall–Kier alpha value is -1.03. The smallest absolute Gasteiger partial charge is 0.157 e. The summed E-state index contributed by atoms with van der Waals surface area (Å²) < 4.78 is 7.58. The van der Waals surface area contributed by atoms with Crippen LogP contribution in [0.1, 0.15) is 47.0 Å². The molecule has 4 heteroatoms. The number of aryl methyl sites for hydroxylation is 1. The summed E-state index contributed by atoms with van der Waals surface area (Å²) in [6, 6.07) is 0. The van der Waals surface area contributed by atoms with Crippen LogP contribution >= 0.6 is 0 Å². The first kappa shape index (κ1) is 15.0. The van der Waals surface area contributed by atoms with Gasteiger partial charge in [-0.1, -0.05) is 6.92 Å². The Balaban J connectivity index is 2.07. The van der Waals surface area contributed by atoms with Gasteiger partial charge in [0.1, 0.15) is 0 Å². The Morgan fingerprint density at radius 3 is 2.78 bits per heavy atom. The second kappa shape index (κ2) is 7.41. The van der Waals surface area contributed by atoms with Crippen LogP contribution in [0.5, 0.6) is 5.75 Å². The van der Waals surface area contributed by atoms with Crippen LogP contribution in [0.3, 0.4) is 0 Å². The van der Waals surface area contributed by atoms with Crippen LogP contribution in [0, 0.1) is 0 Å². The number of aromatic nitrogens is 2. The highest BCUT2D eigenvalue weighted by Crippen LogP contribution is 2.09. The Labute approximate surface area is 111 Å². The van der Waals surface area contributed by atoms with E-state index in [2.05, 4.69) is 38.1 Å². The predicted octanol–water partition coefficient (Wildman–Crippen LogP) is 2.84. The highest BCUT2D eigenvalue weighted by Gasteiger charge is 2.07. The largest absolute Gasteiger partial charge is 0.490 e. The average molecular weight is 253 g/mol. The van der Waals surface area contributed by atoms with E-state index in [-0.39, 0.29) is 5.54 Å². The van der Waals surface area contributed by atoms with Crippen LogP contribution in [-0.2, 0) is 6.54 Å². The fourth-order valence-corrected chi connectivity index (χ4v) is 1.65. The van der Waals surface area contributed by atoms with Crippen molar-refractivity contribution in [3.05, 3.63) is 12.4 Å². The summed E-state index contributed by atoms with van der Waals surface area (Å²) >= 11 is 0. The van der Waals surface area contributed by atoms with Crippen LogP contribution in [0.4, 0.5) is 0 Å². The van der Waals surface area contributed by atoms with Gasteiger partial charge in [0.25, 0.3) is 0 Å². The number of unbranched alkanes of at least 4 members (excludes halogenated alkanes) is 1. The van der Waals surface area contributed by atoms with E-state index in [0.29, 0.717) is 0 Å². The van der Waals surface area contributed by atoms with Gasteiger partial charge in [0.2, 0.25) is 0 Å². The molecule has 0 amide bonds. The quantitative estimate of drug-likeness (QED) is 0.724. The molecule has 0 radical (unpaired) electrons. The minimum absolute atomic E-state index is 0.210. The summed E-state index contributed by atoms with van der Waals surface area (Å²) in [5, 5.41) is 7.70. The fourth-order valence-electron chi connectivity index (χ4n) is 1.65. The molecule has 0 bridgehead atoms. The standard InChI is InChI=1S/C14H27N3O/c1-5-9-17-12-13(11-16-17)18-10-7-6-8-15-14(2,3)4/h11-12,15H,5-10H2,1-4H3. The highest BCUT2D eigenvalue weighted by atomic mass is 16.5. The number of hydrogen-bond acceptors (Lipinski definition) is 3. The summed E-state index contributed by atoms with van der Waals surface area (Å²) in [4.78, 5) is 0. The number of nitrogens with one attached hydrogen (secondary N) is 1. The second-order valence-electron chi connectivity index (χ2n) is 5.67. The maximum atomic E-state index is 5.65. The molecule has 0 saturated heterocycles. The lowest BCUT2D eigenvalue weighted by atomic mass is 10.1. The molecule has 18 heavy (non-hydrogen) atoms. The van der Waals surface area contributed by atoms with E-state index in [0.717, 1.165) is 44.7 Å². The van der Waals surface area contributed by atoms with Crippen molar-refractivity contribution in [3.8, 4) is 5.75 Å². The first-order chi connectivity index (χ1) is 8.51. The third-order valence-corrected chi connectivity index (χ3v) is 2.56. The molecule has 4 nitrogen and oxygen atoms in total. The lowest BCUT2D eigenvalue weighted by Crippen LogP contribution is -2.36. The van der Waals surface area contributed by atoms with Gasteiger partial charge in [0.05, 0.1) is 19.0 Å². The lowest BCUT2D eigenvalue weighted by Gasteiger charge is -2.20. The van der Waals surface area contributed by atoms with Gasteiger partial charge in [-0.2, -0.15) is 5.10 Å². The van der Waals surface area contributed by atoms with Gasteiger partial charge in [0, 0.05) is 12.1 Å². The normalized spacial score (nSPS) is 11.8. The average Bonchev–Trinajstić information content (AvgIpc) is 2.70. The molecule has 0 spiro atoms. The SMILES string of the molecule is CCCn1cc(OCCCCNC(C)(C)C)cn1. The molecule has 0 fully saturated rings. The van der Waals surface area contributed by atoms with Crippen molar-refractivity contribution in [2.45, 2.75) is 59.0 Å². The first-order valence-corrected chi connectivity index (χ1v) is 6.91. The van der Waals surface area contributed by atoms with Gasteiger partial charge in [-0.3, -0.25) is 4.68 Å². The van der Waals surface area contributed by atoms with Crippen LogP contribution in [-0.4, -0.2) is 28.5 Å². The summed E-state index contributed by atoms with van der Waals surface area (Å²) in [5.41, 5.74) is 0.210. The van der Waals surface area contributed by atoms with E-state index >= 15 is 0 Å². The molecule has 1 N–H and O–H groups in total. The minimum Gasteiger partial charge on any atom is -0.490 e. The van der Waals surface area contributed by atoms with Crippen molar-refractivity contribution in [3.63, 3.8) is 0 Å². The molecule has 0 saturated carbocycles. The van der Waals surface area contributed by atoms with Gasteiger partial charge >= 0.3 is 0 Å². The molecule has 1 heterocycles. The highest BCUT2D eigenvalue weighted by molar-refractivity contribution is 5.11. The maximum Gasteiger partial charge on any atom is 0.157 e. The van der Waals surface area contributed by atoms with Crippen LogP contribution in [0.2, 0.25) is 0 Å². The van der Waals surface area contributed by atoms with E-state index < -0.39 is 0 Å². The van der Waals surface area contributed by atoms with Crippen molar-refractivity contribution in [2.24, 2.45) is 0 Å². The lowest BCUT2D eigenvalue weighted by molar-refractivity contribution is 0.301. The Morgan fingerprint density at radius 1 is 1.33 bits per heavy atom. The van der Waals surface area contributed by atoms with Crippen molar-refractivity contribution in [2.75, 3.05) is 13.2 Å². The molecule has 0 aromatic carbocycles. The Bertz CT molecular complexity index is 328. The zero-order valence-electron chi connectivity index (χ0n) is 12.2. The van der Waals surface area contributed by atoms with Crippen molar-refractivity contribution >= 4 is 0 Å². The van der Waals surface area contributed by atoms with Gasteiger partial charge in [-0.05, 0) is 46.6 Å². The van der Waals surface area contributed by atoms with Gasteiger partial charge < -0.3 is 10.1 Å². The molecule has 104 valence electrons. The third kappa shape index (κ3) is 6.64. The molecule has 1 aromatic rings. The van der Waals surface area contributed by atoms with Gasteiger partial charge in [-0.15, -0.1) is 0 Å². The molecule has 1 rings (SSSR count). The summed E-state index contributed by atoms with van der Waals surface area (Å²) in [6.45, 7) is 11.5. The summed E-state index contributed by atoms with van der Waals surface area (Å²) in [6.07, 6.45) is 7.07. The van der Waals surface area contributed by atoms with E-state index in [4.69, 9.17) is 4.74 Å². The zero-order valence-corrected chi connectivity index (χ0v) is 12.2. The second-order valence-corrected chi connectivity index (χ2v) is 5.67. The van der Waals surface area contributed by atoms with Crippen LogP contribution < -0.4 is 10.1 Å². The molecule has 0 aliphatic carbocycles. The molecule has 0 aliphatic rings. The zero-order chi connectivity index (χ0) is 13.4. The van der Waals surface area contributed by atoms with E-state index in [1.165, 1.54) is 0 Å². The molecule has 0 aliphatic heterocycles. The van der Waals surface area contributed by atoms with Crippen molar-refractivity contribution in [1.29, 1.82) is 0 Å². The molecule has 1 aromatic heterocycles. The minimum atomic E-state index is 0.210. The van der Waals surface area contributed by atoms with Crippen molar-refractivity contribution < 1.29 is 4.74 Å². The van der Waals surface area contributed by atoms with Crippen LogP contribution in [0.25, 0.3) is 0 Å².